The van der Waals surface area contributed by atoms with Gasteiger partial charge in [-0.3, -0.25) is 5.10 Å². The second kappa shape index (κ2) is 8.88. The third-order valence-corrected chi connectivity index (χ3v) is 5.16. The smallest absolute Gasteiger partial charge is 0.432 e. The molecule has 0 radical (unpaired) electrons. The van der Waals surface area contributed by atoms with Gasteiger partial charge in [-0.15, -0.1) is 0 Å². The minimum Gasteiger partial charge on any atom is -0.506 e. The number of phenols is 1. The number of nitrogens with one attached hydrogen (secondary N) is 1. The molecule has 0 fully saturated rings. The number of alkyl halides is 3. The molecule has 3 aromatic carbocycles. The summed E-state index contributed by atoms with van der Waals surface area (Å²) in [6.07, 6.45) is -4.60. The van der Waals surface area contributed by atoms with Crippen molar-refractivity contribution in [1.82, 2.24) is 10.2 Å². The molecule has 0 aliphatic carbocycles. The molecule has 2 N–H and O–H groups in total. The Morgan fingerprint density at radius 2 is 1.73 bits per heavy atom. The molecule has 0 unspecified atom stereocenters. The summed E-state index contributed by atoms with van der Waals surface area (Å²) in [6.45, 7) is 0.167. The van der Waals surface area contributed by atoms with Crippen LogP contribution in [-0.2, 0) is 12.8 Å². The lowest BCUT2D eigenvalue weighted by Crippen LogP contribution is -2.04. The Hall–Kier alpha value is -3.96. The van der Waals surface area contributed by atoms with Gasteiger partial charge in [0.15, 0.2) is 0 Å². The first-order valence-electron chi connectivity index (χ1n) is 9.63. The van der Waals surface area contributed by atoms with Gasteiger partial charge in [0.25, 0.3) is 0 Å². The number of hydrogen-bond donors (Lipinski definition) is 2. The molecule has 0 amide bonds. The summed E-state index contributed by atoms with van der Waals surface area (Å²) >= 11 is 5.91. The average Bonchev–Trinajstić information content (AvgIpc) is 3.30. The van der Waals surface area contributed by atoms with Crippen molar-refractivity contribution in [3.63, 3.8) is 0 Å². The van der Waals surface area contributed by atoms with Crippen LogP contribution in [-0.4, -0.2) is 15.3 Å². The quantitative estimate of drug-likeness (QED) is 0.346. The summed E-state index contributed by atoms with van der Waals surface area (Å²) in [5, 5.41) is 26.3. The average molecular weight is 470 g/mol. The number of aromatic amines is 1. The second-order valence-electron chi connectivity index (χ2n) is 7.10. The van der Waals surface area contributed by atoms with Crippen molar-refractivity contribution in [2.24, 2.45) is 0 Å². The van der Waals surface area contributed by atoms with Crippen molar-refractivity contribution >= 4 is 11.6 Å². The molecule has 33 heavy (non-hydrogen) atoms. The number of H-pyrrole nitrogens is 1. The summed E-state index contributed by atoms with van der Waals surface area (Å²) < 4.78 is 44.9. The first-order valence-corrected chi connectivity index (χ1v) is 10.0. The van der Waals surface area contributed by atoms with E-state index in [0.29, 0.717) is 21.9 Å². The van der Waals surface area contributed by atoms with E-state index in [4.69, 9.17) is 21.6 Å². The molecular weight excluding hydrogens is 455 g/mol. The van der Waals surface area contributed by atoms with Crippen molar-refractivity contribution in [3.05, 3.63) is 88.6 Å². The molecule has 0 saturated heterocycles. The summed E-state index contributed by atoms with van der Waals surface area (Å²) in [4.78, 5) is 0. The largest absolute Gasteiger partial charge is 0.506 e. The van der Waals surface area contributed by atoms with E-state index >= 15 is 0 Å². The fourth-order valence-electron chi connectivity index (χ4n) is 3.24. The number of phenolic OH excluding ortho intramolecular Hbond substituents is 1. The van der Waals surface area contributed by atoms with Crippen LogP contribution in [0.15, 0.2) is 66.7 Å². The van der Waals surface area contributed by atoms with Crippen molar-refractivity contribution in [2.45, 2.75) is 12.8 Å². The molecule has 4 rings (SSSR count). The van der Waals surface area contributed by atoms with Gasteiger partial charge >= 0.3 is 6.18 Å². The SMILES string of the molecule is N#Cc1ccc(-c2c(OCc3ccc(Cl)cc3)ccc(-c3cc(C(F)(F)F)[nH]n3)c2O)cc1. The number of ether oxygens (including phenoxy) is 1. The highest BCUT2D eigenvalue weighted by molar-refractivity contribution is 6.30. The number of halogens is 4. The summed E-state index contributed by atoms with van der Waals surface area (Å²) in [5.41, 5.74) is 1.03. The second-order valence-corrected chi connectivity index (χ2v) is 7.54. The minimum absolute atomic E-state index is 0.0704. The lowest BCUT2D eigenvalue weighted by Gasteiger charge is -2.16. The van der Waals surface area contributed by atoms with Gasteiger partial charge in [0, 0.05) is 10.6 Å². The van der Waals surface area contributed by atoms with Crippen LogP contribution in [0, 0.1) is 11.3 Å². The van der Waals surface area contributed by atoms with E-state index in [1.807, 2.05) is 11.2 Å². The van der Waals surface area contributed by atoms with Crippen LogP contribution in [0.3, 0.4) is 0 Å². The van der Waals surface area contributed by atoms with Gasteiger partial charge in [0.1, 0.15) is 23.8 Å². The number of aromatic nitrogens is 2. The van der Waals surface area contributed by atoms with E-state index in [0.717, 1.165) is 11.6 Å². The molecule has 0 bridgehead atoms. The maximum Gasteiger partial charge on any atom is 0.432 e. The van der Waals surface area contributed by atoms with Crippen LogP contribution in [0.2, 0.25) is 5.02 Å². The van der Waals surface area contributed by atoms with Crippen molar-refractivity contribution in [1.29, 1.82) is 5.26 Å². The van der Waals surface area contributed by atoms with Gasteiger partial charge in [-0.1, -0.05) is 35.9 Å². The first kappa shape index (κ1) is 22.2. The van der Waals surface area contributed by atoms with E-state index < -0.39 is 11.9 Å². The van der Waals surface area contributed by atoms with Crippen LogP contribution >= 0.6 is 11.6 Å². The molecule has 0 aliphatic rings. The third-order valence-electron chi connectivity index (χ3n) is 4.91. The maximum absolute atomic E-state index is 13.0. The fourth-order valence-corrected chi connectivity index (χ4v) is 3.36. The fraction of sp³-hybridized carbons (Fsp3) is 0.0833. The standard InChI is InChI=1S/C24H15ClF3N3O2/c25-17-7-3-15(4-8-17)13-33-20-10-9-18(19-11-21(31-30-19)24(26,27)28)23(32)22(20)16-5-1-14(12-29)2-6-16/h1-11,32H,13H2,(H,30,31). The number of nitrogens with zero attached hydrogens (tertiary/aromatic N) is 2. The molecule has 0 aliphatic heterocycles. The maximum atomic E-state index is 13.0. The zero-order chi connectivity index (χ0) is 23.6. The van der Waals surface area contributed by atoms with E-state index in [1.165, 1.54) is 6.07 Å². The summed E-state index contributed by atoms with van der Waals surface area (Å²) in [5.74, 6) is 0.0102. The van der Waals surface area contributed by atoms with Crippen molar-refractivity contribution in [2.75, 3.05) is 0 Å². The molecule has 166 valence electrons. The summed E-state index contributed by atoms with van der Waals surface area (Å²) in [6, 6.07) is 19.2. The van der Waals surface area contributed by atoms with E-state index in [-0.39, 0.29) is 29.2 Å². The van der Waals surface area contributed by atoms with Crippen LogP contribution in [0.5, 0.6) is 11.5 Å². The van der Waals surface area contributed by atoms with Crippen LogP contribution < -0.4 is 4.74 Å². The van der Waals surface area contributed by atoms with Crippen LogP contribution in [0.25, 0.3) is 22.4 Å². The van der Waals surface area contributed by atoms with Gasteiger partial charge in [-0.2, -0.15) is 23.5 Å². The Morgan fingerprint density at radius 3 is 2.33 bits per heavy atom. The number of hydrogen-bond acceptors (Lipinski definition) is 4. The Kier molecular flexibility index (Phi) is 5.99. The molecule has 4 aromatic rings. The Labute approximate surface area is 191 Å². The van der Waals surface area contributed by atoms with E-state index in [2.05, 4.69) is 5.10 Å². The molecule has 5 nitrogen and oxygen atoms in total. The lowest BCUT2D eigenvalue weighted by molar-refractivity contribution is -0.141. The number of nitriles is 1. The Morgan fingerprint density at radius 1 is 1.03 bits per heavy atom. The first-order chi connectivity index (χ1) is 15.8. The molecule has 1 aromatic heterocycles. The topological polar surface area (TPSA) is 81.9 Å². The molecule has 9 heteroatoms. The van der Waals surface area contributed by atoms with Crippen LogP contribution in [0.1, 0.15) is 16.8 Å². The Balaban J connectivity index is 1.77. The van der Waals surface area contributed by atoms with Gasteiger partial charge in [-0.25, -0.2) is 0 Å². The van der Waals surface area contributed by atoms with E-state index in [1.54, 1.807) is 54.6 Å². The number of benzene rings is 3. The number of aromatic hydroxyl groups is 1. The highest BCUT2D eigenvalue weighted by Crippen LogP contribution is 2.44. The Bertz CT molecular complexity index is 1330. The van der Waals surface area contributed by atoms with Gasteiger partial charge in [0.2, 0.25) is 0 Å². The van der Waals surface area contributed by atoms with Crippen LogP contribution in [0.4, 0.5) is 13.2 Å². The van der Waals surface area contributed by atoms with Gasteiger partial charge in [0.05, 0.1) is 22.9 Å². The van der Waals surface area contributed by atoms with Crippen molar-refractivity contribution in [3.8, 4) is 40.0 Å². The molecule has 0 spiro atoms. The predicted octanol–water partition coefficient (Wildman–Crippen LogP) is 6.57. The molecule has 1 heterocycles. The zero-order valence-electron chi connectivity index (χ0n) is 16.8. The predicted molar refractivity (Wildman–Crippen MR) is 117 cm³/mol. The highest BCUT2D eigenvalue weighted by atomic mass is 35.5. The lowest BCUT2D eigenvalue weighted by atomic mass is 9.97. The number of rotatable bonds is 5. The molecule has 0 saturated carbocycles. The summed E-state index contributed by atoms with van der Waals surface area (Å²) in [7, 11) is 0. The third kappa shape index (κ3) is 4.78. The minimum atomic E-state index is -4.60. The van der Waals surface area contributed by atoms with Crippen molar-refractivity contribution < 1.29 is 23.0 Å². The molecular formula is C24H15ClF3N3O2. The van der Waals surface area contributed by atoms with Gasteiger partial charge in [-0.05, 0) is 53.6 Å². The monoisotopic (exact) mass is 469 g/mol. The highest BCUT2D eigenvalue weighted by Gasteiger charge is 2.33. The molecule has 0 atom stereocenters. The normalized spacial score (nSPS) is 11.2. The van der Waals surface area contributed by atoms with Gasteiger partial charge < -0.3 is 9.84 Å². The van der Waals surface area contributed by atoms with E-state index in [9.17, 15) is 18.3 Å². The zero-order valence-corrected chi connectivity index (χ0v) is 17.6.